The third-order valence-electron chi connectivity index (χ3n) is 4.07. The van der Waals surface area contributed by atoms with Gasteiger partial charge in [-0.25, -0.2) is 0 Å². The van der Waals surface area contributed by atoms with Crippen molar-refractivity contribution in [2.75, 3.05) is 7.05 Å². The molecule has 1 unspecified atom stereocenters. The molecular weight excluding hydrogens is 298 g/mol. The van der Waals surface area contributed by atoms with Gasteiger partial charge >= 0.3 is 0 Å². The summed E-state index contributed by atoms with van der Waals surface area (Å²) in [5, 5.41) is 0. The van der Waals surface area contributed by atoms with Gasteiger partial charge in [-0.1, -0.05) is 48.5 Å². The largest absolute Gasteiger partial charge is 0.485 e. The Kier molecular flexibility index (Phi) is 4.80. The lowest BCUT2D eigenvalue weighted by Gasteiger charge is -2.23. The number of ether oxygens (including phenoxy) is 1. The third kappa shape index (κ3) is 3.74. The van der Waals surface area contributed by atoms with E-state index in [0.29, 0.717) is 6.54 Å². The molecule has 3 heteroatoms. The van der Waals surface area contributed by atoms with E-state index in [4.69, 9.17) is 4.74 Å². The predicted octanol–water partition coefficient (Wildman–Crippen LogP) is 4.07. The van der Waals surface area contributed by atoms with Crippen molar-refractivity contribution in [2.45, 2.75) is 19.6 Å². The van der Waals surface area contributed by atoms with Gasteiger partial charge in [0.05, 0.1) is 0 Å². The first-order chi connectivity index (χ1) is 11.6. The van der Waals surface area contributed by atoms with Gasteiger partial charge in [0.1, 0.15) is 11.9 Å². The van der Waals surface area contributed by atoms with Crippen LogP contribution in [0.1, 0.15) is 18.1 Å². The summed E-state index contributed by atoms with van der Waals surface area (Å²) in [6.45, 7) is 2.59. The molecule has 0 radical (unpaired) electrons. The minimum absolute atomic E-state index is 0.0224. The van der Waals surface area contributed by atoms with Crippen LogP contribution >= 0.6 is 0 Å². The maximum Gasteiger partial charge on any atom is 0.246 e. The van der Waals surface area contributed by atoms with Crippen molar-refractivity contribution in [3.8, 4) is 5.75 Å². The summed E-state index contributed by atoms with van der Waals surface area (Å²) in [5.41, 5.74) is 3.15. The van der Waals surface area contributed by atoms with E-state index < -0.39 is 0 Å². The van der Waals surface area contributed by atoms with Crippen molar-refractivity contribution in [3.05, 3.63) is 83.4 Å². The average Bonchev–Trinajstić information content (AvgIpc) is 2.60. The van der Waals surface area contributed by atoms with Gasteiger partial charge < -0.3 is 9.64 Å². The van der Waals surface area contributed by atoms with Crippen molar-refractivity contribution in [2.24, 2.45) is 0 Å². The van der Waals surface area contributed by atoms with E-state index in [0.717, 1.165) is 22.4 Å². The molecule has 24 heavy (non-hydrogen) atoms. The fourth-order valence-corrected chi connectivity index (χ4v) is 2.68. The maximum absolute atomic E-state index is 12.3. The molecule has 0 bridgehead atoms. The summed E-state index contributed by atoms with van der Waals surface area (Å²) < 4.78 is 5.89. The fraction of sp³-hybridized carbons (Fsp3) is 0.190. The van der Waals surface area contributed by atoms with Crippen molar-refractivity contribution >= 4 is 12.0 Å². The number of para-hydroxylation sites is 1. The first-order valence-corrected chi connectivity index (χ1v) is 8.08. The van der Waals surface area contributed by atoms with E-state index in [1.54, 1.807) is 11.0 Å². The minimum Gasteiger partial charge on any atom is -0.485 e. The van der Waals surface area contributed by atoms with E-state index in [2.05, 4.69) is 6.08 Å². The van der Waals surface area contributed by atoms with E-state index >= 15 is 0 Å². The molecular formula is C21H21NO2. The molecule has 2 aromatic carbocycles. The maximum atomic E-state index is 12.3. The summed E-state index contributed by atoms with van der Waals surface area (Å²) in [4.78, 5) is 14.0. The smallest absolute Gasteiger partial charge is 0.246 e. The monoisotopic (exact) mass is 319 g/mol. The highest BCUT2D eigenvalue weighted by Gasteiger charge is 2.16. The number of nitrogens with zero attached hydrogens (tertiary/aromatic N) is 1. The first-order valence-electron chi connectivity index (χ1n) is 8.08. The zero-order chi connectivity index (χ0) is 16.9. The second-order valence-corrected chi connectivity index (χ2v) is 5.96. The number of carbonyl (C=O) groups excluding carboxylic acids is 1. The van der Waals surface area contributed by atoms with Crippen molar-refractivity contribution < 1.29 is 9.53 Å². The quantitative estimate of drug-likeness (QED) is 0.795. The Morgan fingerprint density at radius 1 is 1.12 bits per heavy atom. The van der Waals surface area contributed by atoms with Crippen LogP contribution in [0.15, 0.2) is 72.3 Å². The van der Waals surface area contributed by atoms with Crippen LogP contribution in [-0.2, 0) is 11.3 Å². The van der Waals surface area contributed by atoms with Gasteiger partial charge in [-0.3, -0.25) is 4.79 Å². The number of benzene rings is 2. The molecule has 0 spiro atoms. The minimum atomic E-state index is -0.0663. The van der Waals surface area contributed by atoms with Crippen LogP contribution in [0.2, 0.25) is 0 Å². The second-order valence-electron chi connectivity index (χ2n) is 5.96. The average molecular weight is 319 g/mol. The van der Waals surface area contributed by atoms with Gasteiger partial charge in [-0.15, -0.1) is 0 Å². The van der Waals surface area contributed by atoms with E-state index in [-0.39, 0.29) is 12.0 Å². The lowest BCUT2D eigenvalue weighted by molar-refractivity contribution is -0.125. The summed E-state index contributed by atoms with van der Waals surface area (Å²) >= 11 is 0. The molecule has 1 atom stereocenters. The Morgan fingerprint density at radius 2 is 1.83 bits per heavy atom. The summed E-state index contributed by atoms with van der Waals surface area (Å²) in [7, 11) is 1.81. The topological polar surface area (TPSA) is 29.5 Å². The molecule has 1 aliphatic rings. The molecule has 0 saturated heterocycles. The van der Waals surface area contributed by atoms with E-state index in [1.807, 2.05) is 74.6 Å². The van der Waals surface area contributed by atoms with E-state index in [1.165, 1.54) is 0 Å². The van der Waals surface area contributed by atoms with Crippen molar-refractivity contribution in [3.63, 3.8) is 0 Å². The lowest BCUT2D eigenvalue weighted by atomic mass is 10.0. The molecule has 0 saturated carbocycles. The molecule has 122 valence electrons. The highest BCUT2D eigenvalue weighted by atomic mass is 16.5. The molecule has 1 amide bonds. The molecule has 1 heterocycles. The number of amides is 1. The third-order valence-corrected chi connectivity index (χ3v) is 4.07. The van der Waals surface area contributed by atoms with Gasteiger partial charge in [0.15, 0.2) is 0 Å². The number of carbonyl (C=O) groups is 1. The van der Waals surface area contributed by atoms with Gasteiger partial charge in [0.25, 0.3) is 0 Å². The Balaban J connectivity index is 1.69. The van der Waals surface area contributed by atoms with Gasteiger partial charge in [0.2, 0.25) is 5.91 Å². The Bertz CT molecular complexity index is 777. The Labute approximate surface area is 142 Å². The summed E-state index contributed by atoms with van der Waals surface area (Å²) in [5.74, 6) is 0.862. The summed E-state index contributed by atoms with van der Waals surface area (Å²) in [6, 6.07) is 17.9. The summed E-state index contributed by atoms with van der Waals surface area (Å²) in [6.07, 6.45) is 5.47. The molecule has 1 aliphatic heterocycles. The zero-order valence-electron chi connectivity index (χ0n) is 14.0. The normalized spacial score (nSPS) is 16.2. The number of likely N-dealkylation sites (N-methyl/N-ethyl adjacent to an activating group) is 1. The van der Waals surface area contributed by atoms with Gasteiger partial charge in [-0.2, -0.15) is 0 Å². The van der Waals surface area contributed by atoms with Crippen LogP contribution in [-0.4, -0.2) is 24.0 Å². The van der Waals surface area contributed by atoms with Crippen LogP contribution < -0.4 is 4.74 Å². The second kappa shape index (κ2) is 7.18. The predicted molar refractivity (Wildman–Crippen MR) is 96.6 cm³/mol. The van der Waals surface area contributed by atoms with Gasteiger partial charge in [0, 0.05) is 25.2 Å². The standard InChI is InChI=1S/C21H21NO2/c1-16-18(14-19-10-6-7-11-20(19)24-16)12-13-21(23)22(2)15-17-8-4-3-5-9-17/h3-14,16H,15H2,1-2H3. The van der Waals surface area contributed by atoms with Crippen LogP contribution in [0.3, 0.4) is 0 Å². The van der Waals surface area contributed by atoms with Crippen LogP contribution in [0.4, 0.5) is 0 Å². The zero-order valence-corrected chi connectivity index (χ0v) is 14.0. The molecule has 3 nitrogen and oxygen atoms in total. The molecule has 2 aromatic rings. The van der Waals surface area contributed by atoms with Crippen LogP contribution in [0.25, 0.3) is 6.08 Å². The molecule has 3 rings (SSSR count). The molecule has 0 fully saturated rings. The number of fused-ring (bicyclic) bond motifs is 1. The van der Waals surface area contributed by atoms with Crippen molar-refractivity contribution in [1.29, 1.82) is 0 Å². The van der Waals surface area contributed by atoms with Crippen LogP contribution in [0, 0.1) is 0 Å². The number of hydrogen-bond acceptors (Lipinski definition) is 2. The van der Waals surface area contributed by atoms with Crippen molar-refractivity contribution in [1.82, 2.24) is 4.90 Å². The number of hydrogen-bond donors (Lipinski definition) is 0. The van der Waals surface area contributed by atoms with Crippen LogP contribution in [0.5, 0.6) is 5.75 Å². The molecule has 0 aliphatic carbocycles. The molecule has 0 N–H and O–H groups in total. The first kappa shape index (κ1) is 16.1. The Hall–Kier alpha value is -2.81. The lowest BCUT2D eigenvalue weighted by Crippen LogP contribution is -2.24. The molecule has 0 aromatic heterocycles. The number of rotatable bonds is 4. The van der Waals surface area contributed by atoms with E-state index in [9.17, 15) is 4.79 Å². The Morgan fingerprint density at radius 3 is 2.62 bits per heavy atom. The highest BCUT2D eigenvalue weighted by molar-refractivity contribution is 5.88. The SMILES string of the molecule is CC1Oc2ccccc2C=C1C=CC(=O)N(C)Cc1ccccc1. The fourth-order valence-electron chi connectivity index (χ4n) is 2.68. The highest BCUT2D eigenvalue weighted by Crippen LogP contribution is 2.29. The van der Waals surface area contributed by atoms with Gasteiger partial charge in [-0.05, 0) is 36.3 Å².